The molecule has 0 radical (unpaired) electrons. The maximum atomic E-state index is 10.6. The summed E-state index contributed by atoms with van der Waals surface area (Å²) in [6.07, 6.45) is 0.564. The maximum absolute atomic E-state index is 10.6. The van der Waals surface area contributed by atoms with Gasteiger partial charge in [-0.25, -0.2) is 5.43 Å². The zero-order chi connectivity index (χ0) is 15.2. The van der Waals surface area contributed by atoms with Gasteiger partial charge in [-0.15, -0.1) is 0 Å². The number of benzene rings is 2. The van der Waals surface area contributed by atoms with Crippen molar-refractivity contribution in [2.75, 3.05) is 0 Å². The van der Waals surface area contributed by atoms with Crippen molar-refractivity contribution in [3.05, 3.63) is 70.8 Å². The molecule has 0 aliphatic heterocycles. The molecule has 0 fully saturated rings. The number of hydrazone groups is 1. The molecule has 3 N–H and O–H groups in total. The van der Waals surface area contributed by atoms with Crippen LogP contribution < -0.4 is 11.2 Å². The van der Waals surface area contributed by atoms with Crippen LogP contribution >= 0.6 is 0 Å². The van der Waals surface area contributed by atoms with Gasteiger partial charge in [0.05, 0.1) is 5.71 Å². The summed E-state index contributed by atoms with van der Waals surface area (Å²) in [6.45, 7) is 3.96. The van der Waals surface area contributed by atoms with Crippen molar-refractivity contribution in [1.29, 1.82) is 0 Å². The number of nitrogens with one attached hydrogen (secondary N) is 1. The molecule has 4 nitrogen and oxygen atoms in total. The lowest BCUT2D eigenvalue weighted by molar-refractivity contribution is -0.109. The standard InChI is InChI=1S/C17H19N3O/c1-12-5-3-4-6-16(12)17(20-19-11-21)15-9-7-14(8-10-15)13(2)18/h3-11,13H,18H2,1-2H3,(H,19,21)/b20-17-. The largest absolute Gasteiger partial charge is 0.324 e. The highest BCUT2D eigenvalue weighted by molar-refractivity contribution is 6.13. The highest BCUT2D eigenvalue weighted by Crippen LogP contribution is 2.17. The second kappa shape index (κ2) is 6.81. The monoisotopic (exact) mass is 281 g/mol. The lowest BCUT2D eigenvalue weighted by Gasteiger charge is -2.11. The van der Waals surface area contributed by atoms with Crippen molar-refractivity contribution in [3.63, 3.8) is 0 Å². The van der Waals surface area contributed by atoms with E-state index in [2.05, 4.69) is 10.5 Å². The number of hydrogen-bond donors (Lipinski definition) is 2. The van der Waals surface area contributed by atoms with Gasteiger partial charge in [0, 0.05) is 17.2 Å². The average Bonchev–Trinajstić information content (AvgIpc) is 2.50. The lowest BCUT2D eigenvalue weighted by Crippen LogP contribution is -2.13. The highest BCUT2D eigenvalue weighted by Gasteiger charge is 2.10. The average molecular weight is 281 g/mol. The summed E-state index contributed by atoms with van der Waals surface area (Å²) in [6, 6.07) is 15.8. The molecule has 1 atom stereocenters. The minimum Gasteiger partial charge on any atom is -0.324 e. The molecular formula is C17H19N3O. The number of hydrogen-bond acceptors (Lipinski definition) is 3. The van der Waals surface area contributed by atoms with E-state index in [1.165, 1.54) is 0 Å². The first-order valence-electron chi connectivity index (χ1n) is 6.82. The van der Waals surface area contributed by atoms with Crippen LogP contribution in [0.4, 0.5) is 0 Å². The van der Waals surface area contributed by atoms with E-state index in [4.69, 9.17) is 5.73 Å². The Bertz CT molecular complexity index is 645. The Morgan fingerprint density at radius 1 is 1.19 bits per heavy atom. The summed E-state index contributed by atoms with van der Waals surface area (Å²) in [4.78, 5) is 10.6. The molecule has 21 heavy (non-hydrogen) atoms. The number of nitrogens with zero attached hydrogens (tertiary/aromatic N) is 1. The Hall–Kier alpha value is -2.46. The summed E-state index contributed by atoms with van der Waals surface area (Å²) in [5.41, 5.74) is 13.1. The molecule has 2 aromatic rings. The van der Waals surface area contributed by atoms with Crippen LogP contribution in [0.1, 0.15) is 35.2 Å². The van der Waals surface area contributed by atoms with E-state index >= 15 is 0 Å². The van der Waals surface area contributed by atoms with Crippen molar-refractivity contribution in [1.82, 2.24) is 5.43 Å². The van der Waals surface area contributed by atoms with Crippen molar-refractivity contribution in [2.24, 2.45) is 10.8 Å². The first-order valence-corrected chi connectivity index (χ1v) is 6.82. The van der Waals surface area contributed by atoms with Gasteiger partial charge in [-0.3, -0.25) is 4.79 Å². The number of aryl methyl sites for hydroxylation is 1. The van der Waals surface area contributed by atoms with E-state index in [0.717, 1.165) is 28.0 Å². The fraction of sp³-hybridized carbons (Fsp3) is 0.176. The fourth-order valence-electron chi connectivity index (χ4n) is 2.15. The summed E-state index contributed by atoms with van der Waals surface area (Å²) in [5.74, 6) is 0. The minimum atomic E-state index is -0.00833. The number of carbonyl (C=O) groups excluding carboxylic acids is 1. The normalized spacial score (nSPS) is 12.8. The molecule has 0 saturated heterocycles. The topological polar surface area (TPSA) is 67.5 Å². The molecule has 0 saturated carbocycles. The molecule has 2 aromatic carbocycles. The Kier molecular flexibility index (Phi) is 4.85. The third-order valence-electron chi connectivity index (χ3n) is 3.34. The molecule has 0 heterocycles. The Morgan fingerprint density at radius 3 is 2.43 bits per heavy atom. The summed E-state index contributed by atoms with van der Waals surface area (Å²) in [7, 11) is 0. The van der Waals surface area contributed by atoms with Crippen LogP contribution in [0.15, 0.2) is 53.6 Å². The minimum absolute atomic E-state index is 0.00833. The Morgan fingerprint density at radius 2 is 1.86 bits per heavy atom. The molecule has 1 unspecified atom stereocenters. The number of carbonyl (C=O) groups is 1. The van der Waals surface area contributed by atoms with E-state index in [0.29, 0.717) is 6.41 Å². The second-order valence-corrected chi connectivity index (χ2v) is 4.93. The van der Waals surface area contributed by atoms with Crippen molar-refractivity contribution in [3.8, 4) is 0 Å². The van der Waals surface area contributed by atoms with Gasteiger partial charge < -0.3 is 5.73 Å². The zero-order valence-electron chi connectivity index (χ0n) is 12.2. The third-order valence-corrected chi connectivity index (χ3v) is 3.34. The van der Waals surface area contributed by atoms with E-state index < -0.39 is 0 Å². The molecule has 0 aliphatic rings. The smallest absolute Gasteiger partial charge is 0.227 e. The summed E-state index contributed by atoms with van der Waals surface area (Å²) in [5, 5.41) is 4.19. The van der Waals surface area contributed by atoms with Gasteiger partial charge >= 0.3 is 0 Å². The van der Waals surface area contributed by atoms with E-state index in [1.54, 1.807) is 0 Å². The lowest BCUT2D eigenvalue weighted by atomic mass is 9.97. The highest BCUT2D eigenvalue weighted by atomic mass is 16.1. The van der Waals surface area contributed by atoms with Crippen LogP contribution in [0.5, 0.6) is 0 Å². The summed E-state index contributed by atoms with van der Waals surface area (Å²) < 4.78 is 0. The Balaban J connectivity index is 2.46. The van der Waals surface area contributed by atoms with Crippen molar-refractivity contribution in [2.45, 2.75) is 19.9 Å². The van der Waals surface area contributed by atoms with Gasteiger partial charge in [-0.05, 0) is 25.0 Å². The van der Waals surface area contributed by atoms with Gasteiger partial charge in [0.1, 0.15) is 0 Å². The molecule has 108 valence electrons. The van der Waals surface area contributed by atoms with Crippen LogP contribution in [0.2, 0.25) is 0 Å². The van der Waals surface area contributed by atoms with Gasteiger partial charge in [0.2, 0.25) is 6.41 Å². The second-order valence-electron chi connectivity index (χ2n) is 4.93. The number of rotatable bonds is 5. The first kappa shape index (κ1) is 14.9. The molecule has 2 rings (SSSR count). The van der Waals surface area contributed by atoms with Gasteiger partial charge in [-0.1, -0.05) is 48.5 Å². The molecule has 0 aromatic heterocycles. The quantitative estimate of drug-likeness (QED) is 0.502. The zero-order valence-corrected chi connectivity index (χ0v) is 12.2. The molecule has 0 spiro atoms. The number of nitrogens with two attached hydrogens (primary N) is 1. The molecule has 4 heteroatoms. The SMILES string of the molecule is Cc1ccccc1/C(=N\NC=O)c1ccc(C(C)N)cc1. The first-order chi connectivity index (χ1) is 10.1. The molecule has 0 bridgehead atoms. The Labute approximate surface area is 124 Å². The van der Waals surface area contributed by atoms with E-state index in [1.807, 2.05) is 62.4 Å². The maximum Gasteiger partial charge on any atom is 0.227 e. The van der Waals surface area contributed by atoms with Gasteiger partial charge in [-0.2, -0.15) is 5.10 Å². The van der Waals surface area contributed by atoms with E-state index in [9.17, 15) is 4.79 Å². The summed E-state index contributed by atoms with van der Waals surface area (Å²) >= 11 is 0. The van der Waals surface area contributed by atoms with Crippen LogP contribution in [0, 0.1) is 6.92 Å². The molecule has 0 aliphatic carbocycles. The predicted octanol–water partition coefficient (Wildman–Crippen LogP) is 2.51. The fourth-order valence-corrected chi connectivity index (χ4v) is 2.15. The van der Waals surface area contributed by atoms with Crippen LogP contribution in [-0.4, -0.2) is 12.1 Å². The van der Waals surface area contributed by atoms with E-state index in [-0.39, 0.29) is 6.04 Å². The number of amides is 1. The van der Waals surface area contributed by atoms with Crippen LogP contribution in [0.25, 0.3) is 0 Å². The van der Waals surface area contributed by atoms with Crippen LogP contribution in [0.3, 0.4) is 0 Å². The third kappa shape index (κ3) is 3.55. The van der Waals surface area contributed by atoms with Gasteiger partial charge in [0.25, 0.3) is 0 Å². The molecular weight excluding hydrogens is 262 g/mol. The predicted molar refractivity (Wildman–Crippen MR) is 85.1 cm³/mol. The van der Waals surface area contributed by atoms with Gasteiger partial charge in [0.15, 0.2) is 0 Å². The van der Waals surface area contributed by atoms with Crippen molar-refractivity contribution < 1.29 is 4.79 Å². The van der Waals surface area contributed by atoms with Crippen LogP contribution in [-0.2, 0) is 4.79 Å². The van der Waals surface area contributed by atoms with Crippen molar-refractivity contribution >= 4 is 12.1 Å². The molecule has 1 amide bonds.